The number of hydrogen-bond donors (Lipinski definition) is 2. The van der Waals surface area contributed by atoms with Gasteiger partial charge in [0, 0.05) is 29.6 Å². The van der Waals surface area contributed by atoms with E-state index in [1.54, 1.807) is 24.2 Å². The Morgan fingerprint density at radius 3 is 2.50 bits per heavy atom. The number of halogens is 1. The van der Waals surface area contributed by atoms with Crippen molar-refractivity contribution in [2.45, 2.75) is 20.8 Å². The van der Waals surface area contributed by atoms with Crippen LogP contribution in [0.2, 0.25) is 5.02 Å². The molecule has 0 spiro atoms. The molecule has 2 N–H and O–H groups in total. The number of fused-ring (bicyclic) bond motifs is 1. The lowest BCUT2D eigenvalue weighted by atomic mass is 10.1. The molecule has 4 rings (SSSR count). The molecule has 0 atom stereocenters. The van der Waals surface area contributed by atoms with E-state index in [0.717, 1.165) is 44.3 Å². The Morgan fingerprint density at radius 1 is 1.03 bits per heavy atom. The van der Waals surface area contributed by atoms with Gasteiger partial charge in [0.2, 0.25) is 5.95 Å². The van der Waals surface area contributed by atoms with Crippen LogP contribution >= 0.6 is 18.7 Å². The minimum atomic E-state index is -2.54. The molecular weight excluding hydrogens is 443 g/mol. The fourth-order valence-corrected chi connectivity index (χ4v) is 5.64. The Labute approximate surface area is 192 Å². The first-order valence-corrected chi connectivity index (χ1v) is 13.2. The van der Waals surface area contributed by atoms with Crippen molar-refractivity contribution in [2.24, 2.45) is 7.05 Å². The van der Waals surface area contributed by atoms with E-state index in [1.807, 2.05) is 52.2 Å². The molecule has 9 heteroatoms. The van der Waals surface area contributed by atoms with Crippen LogP contribution in [0, 0.1) is 20.8 Å². The summed E-state index contributed by atoms with van der Waals surface area (Å²) in [5.74, 6) is 0.843. The molecule has 0 saturated carbocycles. The summed E-state index contributed by atoms with van der Waals surface area (Å²) in [5.41, 5.74) is 5.63. The number of aromatic nitrogens is 4. The molecule has 166 valence electrons. The fourth-order valence-electron chi connectivity index (χ4n) is 3.80. The third kappa shape index (κ3) is 4.36. The van der Waals surface area contributed by atoms with Crippen LogP contribution in [0.4, 0.5) is 23.1 Å². The molecule has 0 aliphatic rings. The molecule has 0 fully saturated rings. The average molecular weight is 469 g/mol. The summed E-state index contributed by atoms with van der Waals surface area (Å²) in [6.07, 6.45) is 3.53. The highest BCUT2D eigenvalue weighted by Gasteiger charge is 2.21. The summed E-state index contributed by atoms with van der Waals surface area (Å²) in [7, 11) is -0.642. The van der Waals surface area contributed by atoms with Crippen LogP contribution in [-0.2, 0) is 11.6 Å². The van der Waals surface area contributed by atoms with E-state index < -0.39 is 7.14 Å². The highest BCUT2D eigenvalue weighted by Crippen LogP contribution is 2.41. The van der Waals surface area contributed by atoms with Gasteiger partial charge in [0.15, 0.2) is 5.82 Å². The predicted molar refractivity (Wildman–Crippen MR) is 134 cm³/mol. The summed E-state index contributed by atoms with van der Waals surface area (Å²) in [6, 6.07) is 7.96. The number of nitrogens with one attached hydrogen (secondary N) is 2. The maximum atomic E-state index is 13.0. The van der Waals surface area contributed by atoms with Crippen LogP contribution in [0.3, 0.4) is 0 Å². The average Bonchev–Trinajstić information content (AvgIpc) is 3.05. The van der Waals surface area contributed by atoms with Gasteiger partial charge in [0.1, 0.15) is 12.2 Å². The van der Waals surface area contributed by atoms with E-state index in [4.69, 9.17) is 11.6 Å². The smallest absolute Gasteiger partial charge is 0.229 e. The molecule has 0 aliphatic carbocycles. The van der Waals surface area contributed by atoms with Gasteiger partial charge >= 0.3 is 0 Å². The standard InChI is InChI=1S/C23H26ClN6OP/c1-13-7-8-18(21(15(13)3)32(5,6)31)26-22-17(24)11-25-23(28-22)27-19-10-20-16(9-14(19)2)12-30(4)29-20/h7-12H,1-6H3,(H2,25,26,27,28). The van der Waals surface area contributed by atoms with Crippen molar-refractivity contribution in [3.05, 3.63) is 58.4 Å². The molecule has 0 amide bonds. The maximum absolute atomic E-state index is 13.0. The number of anilines is 4. The summed E-state index contributed by atoms with van der Waals surface area (Å²) < 4.78 is 14.8. The maximum Gasteiger partial charge on any atom is 0.229 e. The Kier molecular flexibility index (Phi) is 5.74. The van der Waals surface area contributed by atoms with Crippen molar-refractivity contribution in [3.63, 3.8) is 0 Å². The normalized spacial score (nSPS) is 11.7. The second kappa shape index (κ2) is 8.23. The van der Waals surface area contributed by atoms with Gasteiger partial charge in [-0.2, -0.15) is 10.1 Å². The number of aryl methyl sites for hydroxylation is 3. The zero-order valence-corrected chi connectivity index (χ0v) is 20.6. The molecular formula is C23H26ClN6OP. The first-order valence-electron chi connectivity index (χ1n) is 10.2. The second-order valence-electron chi connectivity index (χ2n) is 8.42. The highest BCUT2D eigenvalue weighted by atomic mass is 35.5. The molecule has 0 saturated heterocycles. The van der Waals surface area contributed by atoms with E-state index in [1.165, 1.54) is 0 Å². The molecule has 7 nitrogen and oxygen atoms in total. The number of benzene rings is 2. The molecule has 0 aliphatic heterocycles. The highest BCUT2D eigenvalue weighted by molar-refractivity contribution is 7.70. The molecule has 2 aromatic heterocycles. The van der Waals surface area contributed by atoms with E-state index in [9.17, 15) is 4.57 Å². The molecule has 0 bridgehead atoms. The van der Waals surface area contributed by atoms with Gasteiger partial charge in [0.25, 0.3) is 0 Å². The van der Waals surface area contributed by atoms with Gasteiger partial charge in [0.05, 0.1) is 17.4 Å². The van der Waals surface area contributed by atoms with Gasteiger partial charge in [-0.3, -0.25) is 4.68 Å². The van der Waals surface area contributed by atoms with Crippen molar-refractivity contribution < 1.29 is 4.57 Å². The second-order valence-corrected chi connectivity index (χ2v) is 12.0. The topological polar surface area (TPSA) is 84.7 Å². The first-order chi connectivity index (χ1) is 15.0. The summed E-state index contributed by atoms with van der Waals surface area (Å²) >= 11 is 6.40. The van der Waals surface area contributed by atoms with Crippen LogP contribution in [0.25, 0.3) is 10.9 Å². The number of hydrogen-bond acceptors (Lipinski definition) is 6. The molecule has 4 aromatic rings. The van der Waals surface area contributed by atoms with Gasteiger partial charge in [-0.05, 0) is 69.0 Å². The molecule has 2 heterocycles. The zero-order valence-electron chi connectivity index (χ0n) is 19.0. The Balaban J connectivity index is 1.70. The summed E-state index contributed by atoms with van der Waals surface area (Å²) in [5, 5.41) is 13.3. The van der Waals surface area contributed by atoms with Crippen molar-refractivity contribution in [1.29, 1.82) is 0 Å². The van der Waals surface area contributed by atoms with Gasteiger partial charge in [-0.15, -0.1) is 0 Å². The molecule has 2 aromatic carbocycles. The number of nitrogens with zero attached hydrogens (tertiary/aromatic N) is 4. The largest absolute Gasteiger partial charge is 0.338 e. The lowest BCUT2D eigenvalue weighted by Crippen LogP contribution is -2.15. The van der Waals surface area contributed by atoms with Crippen molar-refractivity contribution in [2.75, 3.05) is 24.0 Å². The van der Waals surface area contributed by atoms with Crippen LogP contribution in [0.15, 0.2) is 36.7 Å². The lowest BCUT2D eigenvalue weighted by molar-refractivity contribution is 0.588. The molecule has 0 unspecified atom stereocenters. The van der Waals surface area contributed by atoms with Crippen molar-refractivity contribution in [3.8, 4) is 0 Å². The summed E-state index contributed by atoms with van der Waals surface area (Å²) in [6.45, 7) is 9.56. The lowest BCUT2D eigenvalue weighted by Gasteiger charge is -2.19. The quantitative estimate of drug-likeness (QED) is 0.367. The van der Waals surface area contributed by atoms with Crippen LogP contribution in [0.1, 0.15) is 16.7 Å². The van der Waals surface area contributed by atoms with Crippen LogP contribution in [0.5, 0.6) is 0 Å². The van der Waals surface area contributed by atoms with Crippen LogP contribution in [-0.4, -0.2) is 33.1 Å². The van der Waals surface area contributed by atoms with Gasteiger partial charge in [-0.25, -0.2) is 4.98 Å². The van der Waals surface area contributed by atoms with E-state index in [-0.39, 0.29) is 0 Å². The Bertz CT molecular complexity index is 1390. The minimum absolute atomic E-state index is 0.374. The summed E-state index contributed by atoms with van der Waals surface area (Å²) in [4.78, 5) is 8.91. The Hall–Kier alpha value is -2.89. The van der Waals surface area contributed by atoms with Crippen molar-refractivity contribution >= 4 is 58.1 Å². The van der Waals surface area contributed by atoms with E-state index in [2.05, 4.69) is 31.8 Å². The zero-order chi connectivity index (χ0) is 23.2. The predicted octanol–water partition coefficient (Wildman–Crippen LogP) is 5.68. The van der Waals surface area contributed by atoms with Crippen molar-refractivity contribution in [1.82, 2.24) is 19.7 Å². The van der Waals surface area contributed by atoms with E-state index in [0.29, 0.717) is 16.8 Å². The van der Waals surface area contributed by atoms with Gasteiger partial charge < -0.3 is 15.2 Å². The molecule has 32 heavy (non-hydrogen) atoms. The fraction of sp³-hybridized carbons (Fsp3) is 0.261. The SMILES string of the molecule is Cc1cc2cn(C)nc2cc1Nc1ncc(Cl)c(Nc2ccc(C)c(C)c2P(C)(C)=O)n1. The minimum Gasteiger partial charge on any atom is -0.338 e. The third-order valence-electron chi connectivity index (χ3n) is 5.45. The first kappa shape index (κ1) is 22.3. The third-order valence-corrected chi connectivity index (χ3v) is 7.38. The molecule has 0 radical (unpaired) electrons. The Morgan fingerprint density at radius 2 is 1.78 bits per heavy atom. The number of rotatable bonds is 5. The van der Waals surface area contributed by atoms with Gasteiger partial charge in [-0.1, -0.05) is 17.7 Å². The van der Waals surface area contributed by atoms with E-state index >= 15 is 0 Å². The monoisotopic (exact) mass is 468 g/mol. The van der Waals surface area contributed by atoms with Crippen LogP contribution < -0.4 is 15.9 Å².